The van der Waals surface area contributed by atoms with E-state index in [4.69, 9.17) is 57.4 Å². The predicted octanol–water partition coefficient (Wildman–Crippen LogP) is 0.617. The number of aromatic amines is 4. The van der Waals surface area contributed by atoms with Crippen LogP contribution in [0.5, 0.6) is 6.01 Å². The molecule has 16 aromatic heterocycles. The molecule has 0 spiro atoms. The van der Waals surface area contributed by atoms with Crippen LogP contribution < -0.4 is 55.5 Å². The molecule has 48 heteroatoms. The lowest BCUT2D eigenvalue weighted by Crippen LogP contribution is -2.43. The number of methoxy groups -OCH3 is 1. The SMILES string of the molecule is COc1ncc(-c2ccc3ncc4c(=O)[nH]c(=O)n(C5CCN(C(=O)CO)CC5)c4c3n2)cn1.Nc1ncc(-c2ccc3ncc4c(=O)[nH]c(=O)n(C5CCN(C(=O)CO)CC5)c4c3n2)cn1.O=C(CO)N1CCC(n2c(=O)[nH]c(=O)c3cnc4ccc(-c5cnc(CO)nc5)nc4c32)CC1.[C-]#[N+]c1ncc(-c2ccc3ncc4c(=O)[nH]c(=O)n(C5CCN(C(=O)CO)CC5)c4c3n2)cn1. The second kappa shape index (κ2) is 38.6. The van der Waals surface area contributed by atoms with Crippen LogP contribution in [0.3, 0.4) is 0 Å². The highest BCUT2D eigenvalue weighted by molar-refractivity contribution is 6.04. The molecule has 0 bridgehead atoms. The molecule has 20 rings (SSSR count). The van der Waals surface area contributed by atoms with Gasteiger partial charge in [-0.3, -0.25) is 96.5 Å². The number of likely N-dealkylation sites (tertiary alicyclic amines) is 4. The highest BCUT2D eigenvalue weighted by atomic mass is 16.5. The number of piperidine rings is 4. The zero-order valence-corrected chi connectivity index (χ0v) is 71.5. The summed E-state index contributed by atoms with van der Waals surface area (Å²) < 4.78 is 11.1. The number of nitrogens with zero attached hydrogens (tertiary/aromatic N) is 25. The van der Waals surface area contributed by atoms with E-state index in [9.17, 15) is 62.6 Å². The van der Waals surface area contributed by atoms with Gasteiger partial charge in [-0.2, -0.15) is 9.97 Å². The standard InChI is InChI=1S/C22H18N8O4.2C22H21N7O5.C21H20N8O4/c1-23-21-25-8-12(9-26-21)15-2-3-16-18(27-15)19-14(10-24-16)20(33)28-22(34)30(19)13-4-6-29(7-5-13)17(32)11-31;1-34-21-24-8-12(9-25-21)15-2-3-16-18(26-15)19-14(10-23-16)20(32)27-22(33)29(19)13-4-6-28(7-5-13)17(31)11-30;30-10-17-24-7-12(8-25-17)15-1-2-16-19(26-15)20-14(9-23-16)21(33)27-22(34)29(20)13-3-5-28(6-4-13)18(32)11-31;22-20-24-7-11(8-25-20)14-1-2-15-17(26-14)18-13(9-23-15)19(32)27-21(33)29(18)12-3-5-28(6-4-12)16(31)10-30/h2-3,8-10,13,31H,4-7,11H2,(H,28,33,34);2-3,8-10,13,30H,4-7,11H2,1H3,(H,27,32,33);1-2,7-9,13,30-31H,3-6,10-11H2,(H,27,33,34);1-2,7-9,12,30H,3-6,10H2,(H2,22,24,25)(H,27,32,33). The predicted molar refractivity (Wildman–Crippen MR) is 483 cm³/mol. The number of carbonyl (C=O) groups is 4. The van der Waals surface area contributed by atoms with Crippen molar-refractivity contribution in [3.05, 3.63) is 223 Å². The molecule has 20 heterocycles. The summed E-state index contributed by atoms with van der Waals surface area (Å²) in [4.78, 5) is 237. The number of amides is 4. The molecular weight excluding hydrogens is 1750 g/mol. The number of carbonyl (C=O) groups excluding carboxylic acids is 4. The number of hydrogen-bond donors (Lipinski definition) is 10. The molecule has 0 aliphatic carbocycles. The molecular formula is C87H80N30O18. The number of aliphatic hydroxyl groups is 5. The Labute approximate surface area is 755 Å². The van der Waals surface area contributed by atoms with Crippen LogP contribution in [-0.4, -0.2) is 273 Å². The fraction of sp³-hybridized carbons (Fsp3) is 0.299. The van der Waals surface area contributed by atoms with Gasteiger partial charge >= 0.3 is 34.7 Å². The van der Waals surface area contributed by atoms with E-state index in [1.807, 2.05) is 0 Å². The lowest BCUT2D eigenvalue weighted by molar-refractivity contribution is -0.136. The topological polar surface area (TPSA) is 648 Å². The Kier molecular flexibility index (Phi) is 25.8. The van der Waals surface area contributed by atoms with Crippen molar-refractivity contribution in [3.63, 3.8) is 0 Å². The van der Waals surface area contributed by atoms with Gasteiger partial charge < -0.3 is 60.4 Å². The third-order valence-electron chi connectivity index (χ3n) is 24.0. The van der Waals surface area contributed by atoms with Crippen LogP contribution in [0, 0.1) is 6.57 Å². The van der Waals surface area contributed by atoms with Gasteiger partial charge in [0.05, 0.1) is 114 Å². The summed E-state index contributed by atoms with van der Waals surface area (Å²) in [6.07, 6.45) is 21.9. The summed E-state index contributed by atoms with van der Waals surface area (Å²) in [5.41, 5.74) is 10.9. The van der Waals surface area contributed by atoms with Crippen LogP contribution in [0.25, 0.3) is 138 Å². The van der Waals surface area contributed by atoms with E-state index >= 15 is 0 Å². The first kappa shape index (κ1) is 90.0. The molecule has 0 aromatic carbocycles. The molecule has 0 atom stereocenters. The quantitative estimate of drug-likeness (QED) is 0.0527. The maximum atomic E-state index is 13.0. The van der Waals surface area contributed by atoms with Crippen molar-refractivity contribution in [2.45, 2.75) is 82.1 Å². The summed E-state index contributed by atoms with van der Waals surface area (Å²) in [5, 5.41) is 46.6. The molecule has 4 aliphatic rings. The molecule has 686 valence electrons. The van der Waals surface area contributed by atoms with Crippen molar-refractivity contribution in [2.24, 2.45) is 0 Å². The van der Waals surface area contributed by atoms with E-state index < -0.39 is 71.4 Å². The van der Waals surface area contributed by atoms with Gasteiger partial charge in [-0.1, -0.05) is 0 Å². The number of nitrogen functional groups attached to an aromatic ring is 1. The van der Waals surface area contributed by atoms with Crippen molar-refractivity contribution in [1.82, 2.24) is 138 Å². The van der Waals surface area contributed by atoms with Crippen LogP contribution >= 0.6 is 0 Å². The fourth-order valence-electron chi connectivity index (χ4n) is 17.2. The van der Waals surface area contributed by atoms with E-state index in [0.717, 1.165) is 0 Å². The number of rotatable bonds is 14. The molecule has 48 nitrogen and oxygen atoms in total. The number of hydrogen-bond acceptors (Lipinski definition) is 35. The molecule has 4 fully saturated rings. The van der Waals surface area contributed by atoms with Gasteiger partial charge in [0.2, 0.25) is 29.6 Å². The van der Waals surface area contributed by atoms with Crippen LogP contribution in [0.15, 0.2) is 161 Å². The Morgan fingerprint density at radius 3 is 0.844 bits per heavy atom. The maximum absolute atomic E-state index is 13.0. The highest BCUT2D eigenvalue weighted by Gasteiger charge is 2.33. The summed E-state index contributed by atoms with van der Waals surface area (Å²) in [6.45, 7) is 7.59. The zero-order valence-electron chi connectivity index (χ0n) is 71.5. The third kappa shape index (κ3) is 18.1. The van der Waals surface area contributed by atoms with Gasteiger partial charge in [-0.05, 0) is 99.9 Å². The Morgan fingerprint density at radius 2 is 0.607 bits per heavy atom. The number of ether oxygens (including phenoxy) is 1. The Morgan fingerprint density at radius 1 is 0.363 bits per heavy atom. The first-order valence-corrected chi connectivity index (χ1v) is 42.3. The van der Waals surface area contributed by atoms with Gasteiger partial charge in [0, 0.05) is 155 Å². The number of pyridine rings is 8. The van der Waals surface area contributed by atoms with Crippen molar-refractivity contribution in [3.8, 4) is 51.0 Å². The van der Waals surface area contributed by atoms with E-state index in [1.165, 1.54) is 58.0 Å². The summed E-state index contributed by atoms with van der Waals surface area (Å²) in [7, 11) is 1.47. The smallest absolute Gasteiger partial charge is 0.371 e. The minimum absolute atomic E-state index is 0.0167. The molecule has 16 aromatic rings. The van der Waals surface area contributed by atoms with E-state index in [2.05, 4.69) is 84.6 Å². The largest absolute Gasteiger partial charge is 0.467 e. The number of nitrogens with one attached hydrogen (secondary N) is 4. The van der Waals surface area contributed by atoms with Gasteiger partial charge in [-0.15, -0.1) is 6.57 Å². The molecule has 0 saturated carbocycles. The van der Waals surface area contributed by atoms with Crippen LogP contribution in [0.4, 0.5) is 11.9 Å². The van der Waals surface area contributed by atoms with Gasteiger partial charge in [0.25, 0.3) is 22.2 Å². The Hall–Kier alpha value is -16.9. The zero-order chi connectivity index (χ0) is 94.6. The van der Waals surface area contributed by atoms with Crippen LogP contribution in [0.2, 0.25) is 0 Å². The lowest BCUT2D eigenvalue weighted by atomic mass is 10.0. The highest BCUT2D eigenvalue weighted by Crippen LogP contribution is 2.36. The summed E-state index contributed by atoms with van der Waals surface area (Å²) >= 11 is 0. The molecule has 11 N–H and O–H groups in total. The van der Waals surface area contributed by atoms with Gasteiger partial charge in [-0.25, -0.2) is 69.0 Å². The molecule has 4 aliphatic heterocycles. The van der Waals surface area contributed by atoms with Crippen LogP contribution in [0.1, 0.15) is 81.4 Å². The average molecular weight is 1830 g/mol. The summed E-state index contributed by atoms with van der Waals surface area (Å²) in [6, 6.07) is 13.1. The minimum Gasteiger partial charge on any atom is -0.467 e. The fourth-order valence-corrected chi connectivity index (χ4v) is 17.2. The number of fused-ring (bicyclic) bond motifs is 12. The van der Waals surface area contributed by atoms with E-state index in [0.29, 0.717) is 215 Å². The first-order chi connectivity index (χ1) is 65.4. The third-order valence-corrected chi connectivity index (χ3v) is 24.0. The molecule has 4 amide bonds. The first-order valence-electron chi connectivity index (χ1n) is 42.3. The Bertz CT molecular complexity index is 7700. The van der Waals surface area contributed by atoms with E-state index in [-0.39, 0.29) is 99.7 Å². The number of H-pyrrole nitrogens is 4. The molecule has 0 radical (unpaired) electrons. The number of aliphatic hydroxyl groups excluding tert-OH is 5. The van der Waals surface area contributed by atoms with Gasteiger partial charge in [0.15, 0.2) is 5.82 Å². The van der Waals surface area contributed by atoms with Gasteiger partial charge in [0.1, 0.15) is 55.1 Å². The van der Waals surface area contributed by atoms with Crippen LogP contribution in [-0.2, 0) is 25.8 Å². The normalized spacial score (nSPS) is 14.6. The van der Waals surface area contributed by atoms with Crippen molar-refractivity contribution in [2.75, 3.05) is 91.6 Å². The second-order valence-corrected chi connectivity index (χ2v) is 31.7. The molecule has 135 heavy (non-hydrogen) atoms. The Balaban J connectivity index is 0.000000125. The number of anilines is 1. The number of aromatic nitrogens is 24. The average Bonchev–Trinajstić information content (AvgIpc) is 0.757. The van der Waals surface area contributed by atoms with Crippen molar-refractivity contribution in [1.29, 1.82) is 0 Å². The van der Waals surface area contributed by atoms with Crippen molar-refractivity contribution >= 4 is 123 Å². The summed E-state index contributed by atoms with van der Waals surface area (Å²) in [5.74, 6) is -0.972. The molecule has 0 unspecified atom stereocenters. The molecule has 4 saturated heterocycles. The van der Waals surface area contributed by atoms with E-state index in [1.54, 1.807) is 110 Å². The monoisotopic (exact) mass is 1830 g/mol. The minimum atomic E-state index is -0.561. The second-order valence-electron chi connectivity index (χ2n) is 31.7. The maximum Gasteiger partial charge on any atom is 0.371 e. The number of nitrogens with two attached hydrogens (primary N) is 1. The lowest BCUT2D eigenvalue weighted by Gasteiger charge is -2.33. The van der Waals surface area contributed by atoms with Crippen molar-refractivity contribution < 1.29 is 49.4 Å².